The summed E-state index contributed by atoms with van der Waals surface area (Å²) >= 11 is 9.69. The number of benzene rings is 2. The third-order valence-electron chi connectivity index (χ3n) is 5.40. The molecule has 0 saturated heterocycles. The van der Waals surface area contributed by atoms with Crippen LogP contribution in [0.3, 0.4) is 0 Å². The highest BCUT2D eigenvalue weighted by Crippen LogP contribution is 2.46. The first-order valence-corrected chi connectivity index (χ1v) is 11.1. The van der Waals surface area contributed by atoms with Crippen molar-refractivity contribution in [3.05, 3.63) is 74.8 Å². The number of fused-ring (bicyclic) bond motifs is 1. The highest BCUT2D eigenvalue weighted by Gasteiger charge is 2.47. The molecule has 2 N–H and O–H groups in total. The molecule has 2 heterocycles. The standard InChI is InChI=1S/C22H19BrClF3N4O/c1-2-12-3-9-15(10-4-12)28-21(32)19-18(24)20-29-16(13-5-7-14(23)8-6-13)11-17(22(25,26)27)31(20)30-19/h3-10,16-17,29H,2,11H2,1H3,(H,28,32)/t16-,17+/m0/s1. The van der Waals surface area contributed by atoms with E-state index in [0.717, 1.165) is 21.1 Å². The normalized spacial score (nSPS) is 18.1. The van der Waals surface area contributed by atoms with Crippen molar-refractivity contribution in [1.29, 1.82) is 0 Å². The fourth-order valence-electron chi connectivity index (χ4n) is 3.66. The van der Waals surface area contributed by atoms with Gasteiger partial charge in [0.1, 0.15) is 10.8 Å². The number of hydrogen-bond donors (Lipinski definition) is 2. The Balaban J connectivity index is 1.66. The molecule has 1 aromatic heterocycles. The molecule has 2 aromatic carbocycles. The van der Waals surface area contributed by atoms with E-state index in [9.17, 15) is 18.0 Å². The van der Waals surface area contributed by atoms with Crippen LogP contribution >= 0.6 is 27.5 Å². The van der Waals surface area contributed by atoms with Crippen molar-refractivity contribution in [2.24, 2.45) is 0 Å². The maximum atomic E-state index is 13.9. The lowest BCUT2D eigenvalue weighted by molar-refractivity contribution is -0.173. The molecule has 1 aliphatic rings. The van der Waals surface area contributed by atoms with Crippen LogP contribution in [-0.2, 0) is 6.42 Å². The summed E-state index contributed by atoms with van der Waals surface area (Å²) in [5.41, 5.74) is 2.00. The number of carbonyl (C=O) groups excluding carboxylic acids is 1. The Kier molecular flexibility index (Phi) is 6.22. The molecule has 10 heteroatoms. The maximum absolute atomic E-state index is 13.9. The Morgan fingerprint density at radius 3 is 2.47 bits per heavy atom. The molecule has 32 heavy (non-hydrogen) atoms. The number of carbonyl (C=O) groups is 1. The SMILES string of the molecule is CCc1ccc(NC(=O)c2nn3c(c2Cl)N[C@H](c2ccc(Br)cc2)C[C@@H]3C(F)(F)F)cc1. The summed E-state index contributed by atoms with van der Waals surface area (Å²) in [6.07, 6.45) is -4.00. The lowest BCUT2D eigenvalue weighted by Crippen LogP contribution is -2.35. The molecule has 1 aliphatic heterocycles. The van der Waals surface area contributed by atoms with E-state index >= 15 is 0 Å². The van der Waals surface area contributed by atoms with Gasteiger partial charge in [0.05, 0.1) is 6.04 Å². The molecule has 1 amide bonds. The summed E-state index contributed by atoms with van der Waals surface area (Å²) in [4.78, 5) is 12.8. The number of aromatic nitrogens is 2. The van der Waals surface area contributed by atoms with Gasteiger partial charge in [0.2, 0.25) is 0 Å². The van der Waals surface area contributed by atoms with Gasteiger partial charge in [-0.3, -0.25) is 4.79 Å². The number of nitrogens with zero attached hydrogens (tertiary/aromatic N) is 2. The first-order chi connectivity index (χ1) is 15.2. The predicted octanol–water partition coefficient (Wildman–Crippen LogP) is 6.77. The molecular weight excluding hydrogens is 509 g/mol. The van der Waals surface area contributed by atoms with Crippen LogP contribution in [0.2, 0.25) is 5.02 Å². The Morgan fingerprint density at radius 2 is 1.88 bits per heavy atom. The lowest BCUT2D eigenvalue weighted by Gasteiger charge is -2.33. The van der Waals surface area contributed by atoms with E-state index in [2.05, 4.69) is 31.7 Å². The quantitative estimate of drug-likeness (QED) is 0.393. The summed E-state index contributed by atoms with van der Waals surface area (Å²) in [7, 11) is 0. The highest BCUT2D eigenvalue weighted by molar-refractivity contribution is 9.10. The number of hydrogen-bond acceptors (Lipinski definition) is 3. The van der Waals surface area contributed by atoms with Crippen LogP contribution in [0.4, 0.5) is 24.7 Å². The molecule has 168 valence electrons. The first kappa shape index (κ1) is 22.7. The molecule has 2 atom stereocenters. The molecule has 0 aliphatic carbocycles. The van der Waals surface area contributed by atoms with Crippen molar-refractivity contribution >= 4 is 44.9 Å². The Morgan fingerprint density at radius 1 is 1.22 bits per heavy atom. The van der Waals surface area contributed by atoms with Crippen molar-refractivity contribution in [1.82, 2.24) is 9.78 Å². The van der Waals surface area contributed by atoms with E-state index in [-0.39, 0.29) is 23.0 Å². The minimum absolute atomic E-state index is 0.0281. The van der Waals surface area contributed by atoms with Gasteiger partial charge in [-0.15, -0.1) is 0 Å². The zero-order valence-corrected chi connectivity index (χ0v) is 19.2. The van der Waals surface area contributed by atoms with Crippen LogP contribution in [0.25, 0.3) is 0 Å². The van der Waals surface area contributed by atoms with Crippen LogP contribution in [0, 0.1) is 0 Å². The van der Waals surface area contributed by atoms with Gasteiger partial charge in [0.25, 0.3) is 5.91 Å². The molecule has 0 radical (unpaired) electrons. The number of halogens is 5. The van der Waals surface area contributed by atoms with Crippen molar-refractivity contribution in [3.8, 4) is 0 Å². The number of anilines is 2. The first-order valence-electron chi connectivity index (χ1n) is 9.94. The average molecular weight is 528 g/mol. The fraction of sp³-hybridized carbons (Fsp3) is 0.273. The molecule has 0 spiro atoms. The third-order valence-corrected chi connectivity index (χ3v) is 6.29. The van der Waals surface area contributed by atoms with E-state index < -0.39 is 24.2 Å². The van der Waals surface area contributed by atoms with Gasteiger partial charge >= 0.3 is 6.18 Å². The van der Waals surface area contributed by atoms with Crippen molar-refractivity contribution in [2.75, 3.05) is 10.6 Å². The monoisotopic (exact) mass is 526 g/mol. The van der Waals surface area contributed by atoms with Crippen molar-refractivity contribution in [2.45, 2.75) is 38.0 Å². The summed E-state index contributed by atoms with van der Waals surface area (Å²) < 4.78 is 43.3. The largest absolute Gasteiger partial charge is 0.410 e. The summed E-state index contributed by atoms with van der Waals surface area (Å²) in [6.45, 7) is 2.01. The van der Waals surface area contributed by atoms with E-state index in [1.54, 1.807) is 36.4 Å². The molecule has 0 saturated carbocycles. The van der Waals surface area contributed by atoms with Crippen molar-refractivity contribution in [3.63, 3.8) is 0 Å². The van der Waals surface area contributed by atoms with Crippen LogP contribution in [0.1, 0.15) is 47.0 Å². The molecule has 3 aromatic rings. The van der Waals surface area contributed by atoms with Gasteiger partial charge in [0.15, 0.2) is 11.7 Å². The van der Waals surface area contributed by atoms with Gasteiger partial charge in [-0.2, -0.15) is 18.3 Å². The minimum Gasteiger partial charge on any atom is -0.362 e. The van der Waals surface area contributed by atoms with Crippen LogP contribution in [0.15, 0.2) is 53.0 Å². The molecule has 4 rings (SSSR count). The number of aryl methyl sites for hydroxylation is 1. The van der Waals surface area contributed by atoms with Crippen LogP contribution < -0.4 is 10.6 Å². The molecule has 0 bridgehead atoms. The second-order valence-electron chi connectivity index (χ2n) is 7.50. The summed E-state index contributed by atoms with van der Waals surface area (Å²) in [6, 6.07) is 11.6. The molecule has 5 nitrogen and oxygen atoms in total. The van der Waals surface area contributed by atoms with E-state index in [0.29, 0.717) is 11.3 Å². The van der Waals surface area contributed by atoms with Gasteiger partial charge in [-0.05, 0) is 41.8 Å². The number of alkyl halides is 3. The zero-order valence-electron chi connectivity index (χ0n) is 16.9. The third kappa shape index (κ3) is 4.49. The minimum atomic E-state index is -4.57. The van der Waals surface area contributed by atoms with E-state index in [4.69, 9.17) is 11.6 Å². The summed E-state index contributed by atoms with van der Waals surface area (Å²) in [5.74, 6) is -0.705. The zero-order chi connectivity index (χ0) is 23.0. The van der Waals surface area contributed by atoms with Gasteiger partial charge in [0, 0.05) is 16.6 Å². The lowest BCUT2D eigenvalue weighted by atomic mass is 9.97. The van der Waals surface area contributed by atoms with Gasteiger partial charge < -0.3 is 10.6 Å². The van der Waals surface area contributed by atoms with E-state index in [1.165, 1.54) is 0 Å². The topological polar surface area (TPSA) is 59.0 Å². The predicted molar refractivity (Wildman–Crippen MR) is 121 cm³/mol. The molecule has 0 fully saturated rings. The summed E-state index contributed by atoms with van der Waals surface area (Å²) in [5, 5.41) is 9.48. The molecular formula is C22H19BrClF3N4O. The highest BCUT2D eigenvalue weighted by atomic mass is 79.9. The number of nitrogens with one attached hydrogen (secondary N) is 2. The second-order valence-corrected chi connectivity index (χ2v) is 8.80. The Labute approximate surface area is 196 Å². The number of rotatable bonds is 4. The fourth-order valence-corrected chi connectivity index (χ4v) is 4.19. The van der Waals surface area contributed by atoms with E-state index in [1.807, 2.05) is 19.1 Å². The Hall–Kier alpha value is -2.52. The maximum Gasteiger partial charge on any atom is 0.410 e. The van der Waals surface area contributed by atoms with Crippen LogP contribution in [0.5, 0.6) is 0 Å². The smallest absolute Gasteiger partial charge is 0.362 e. The van der Waals surface area contributed by atoms with Crippen molar-refractivity contribution < 1.29 is 18.0 Å². The number of amides is 1. The Bertz CT molecular complexity index is 1130. The van der Waals surface area contributed by atoms with Crippen LogP contribution in [-0.4, -0.2) is 21.9 Å². The average Bonchev–Trinajstić information content (AvgIpc) is 3.10. The van der Waals surface area contributed by atoms with Gasteiger partial charge in [-0.25, -0.2) is 4.68 Å². The van der Waals surface area contributed by atoms with Gasteiger partial charge in [-0.1, -0.05) is 58.7 Å². The second kappa shape index (κ2) is 8.78. The molecule has 0 unspecified atom stereocenters.